The zero-order valence-electron chi connectivity index (χ0n) is 11.8. The molecule has 0 aromatic heterocycles. The SMILES string of the molecule is CCc1ccc(S(=O)(=O)N2CC(C)CC2C)cc1N. The molecule has 106 valence electrons. The molecule has 19 heavy (non-hydrogen) atoms. The maximum Gasteiger partial charge on any atom is 0.243 e. The van der Waals surface area contributed by atoms with Gasteiger partial charge in [-0.05, 0) is 43.4 Å². The molecule has 2 atom stereocenters. The van der Waals surface area contributed by atoms with Crippen LogP contribution in [-0.4, -0.2) is 25.3 Å². The highest BCUT2D eigenvalue weighted by molar-refractivity contribution is 7.89. The Morgan fingerprint density at radius 2 is 2.05 bits per heavy atom. The van der Waals surface area contributed by atoms with Gasteiger partial charge in [-0.2, -0.15) is 4.31 Å². The maximum absolute atomic E-state index is 12.6. The van der Waals surface area contributed by atoms with Crippen molar-refractivity contribution in [3.8, 4) is 0 Å². The lowest BCUT2D eigenvalue weighted by molar-refractivity contribution is 0.405. The average Bonchev–Trinajstić information content (AvgIpc) is 2.69. The minimum absolute atomic E-state index is 0.0621. The van der Waals surface area contributed by atoms with Crippen LogP contribution in [0.2, 0.25) is 0 Å². The van der Waals surface area contributed by atoms with Crippen LogP contribution in [0.5, 0.6) is 0 Å². The Bertz CT molecular complexity index is 569. The van der Waals surface area contributed by atoms with E-state index in [1.165, 1.54) is 0 Å². The van der Waals surface area contributed by atoms with Crippen LogP contribution in [0, 0.1) is 5.92 Å². The number of anilines is 1. The summed E-state index contributed by atoms with van der Waals surface area (Å²) in [5.41, 5.74) is 7.45. The molecule has 0 radical (unpaired) electrons. The van der Waals surface area contributed by atoms with Gasteiger partial charge in [0.05, 0.1) is 4.90 Å². The molecule has 0 aliphatic carbocycles. The first kappa shape index (κ1) is 14.3. The lowest BCUT2D eigenvalue weighted by atomic mass is 10.1. The fourth-order valence-corrected chi connectivity index (χ4v) is 4.58. The van der Waals surface area contributed by atoms with Crippen LogP contribution in [0.4, 0.5) is 5.69 Å². The van der Waals surface area contributed by atoms with Crippen molar-refractivity contribution < 1.29 is 8.42 Å². The monoisotopic (exact) mass is 282 g/mol. The third-order valence-corrected chi connectivity index (χ3v) is 5.81. The first-order valence-electron chi connectivity index (χ1n) is 6.76. The van der Waals surface area contributed by atoms with E-state index >= 15 is 0 Å². The number of sulfonamides is 1. The van der Waals surface area contributed by atoms with E-state index in [2.05, 4.69) is 6.92 Å². The van der Waals surface area contributed by atoms with E-state index in [9.17, 15) is 8.42 Å². The van der Waals surface area contributed by atoms with Crippen molar-refractivity contribution in [1.82, 2.24) is 4.31 Å². The molecule has 1 saturated heterocycles. The maximum atomic E-state index is 12.6. The highest BCUT2D eigenvalue weighted by atomic mass is 32.2. The van der Waals surface area contributed by atoms with E-state index in [1.54, 1.807) is 16.4 Å². The number of hydrogen-bond acceptors (Lipinski definition) is 3. The summed E-state index contributed by atoms with van der Waals surface area (Å²) in [5.74, 6) is 0.414. The highest BCUT2D eigenvalue weighted by Gasteiger charge is 2.36. The van der Waals surface area contributed by atoms with Gasteiger partial charge in [-0.3, -0.25) is 0 Å². The molecule has 2 N–H and O–H groups in total. The van der Waals surface area contributed by atoms with E-state index in [-0.39, 0.29) is 6.04 Å². The molecular weight excluding hydrogens is 260 g/mol. The molecule has 0 bridgehead atoms. The van der Waals surface area contributed by atoms with Crippen LogP contribution in [0.1, 0.15) is 32.8 Å². The van der Waals surface area contributed by atoms with E-state index in [0.29, 0.717) is 23.0 Å². The van der Waals surface area contributed by atoms with E-state index in [0.717, 1.165) is 18.4 Å². The topological polar surface area (TPSA) is 63.4 Å². The van der Waals surface area contributed by atoms with Gasteiger partial charge < -0.3 is 5.73 Å². The molecule has 1 aromatic carbocycles. The lowest BCUT2D eigenvalue weighted by Gasteiger charge is -2.21. The summed E-state index contributed by atoms with van der Waals surface area (Å²) in [6.07, 6.45) is 1.73. The predicted molar refractivity (Wildman–Crippen MR) is 77.4 cm³/mol. The van der Waals surface area contributed by atoms with Crippen molar-refractivity contribution in [2.24, 2.45) is 5.92 Å². The van der Waals surface area contributed by atoms with Crippen LogP contribution in [0.3, 0.4) is 0 Å². The summed E-state index contributed by atoms with van der Waals surface area (Å²) in [7, 11) is -3.41. The molecule has 2 unspecified atom stereocenters. The summed E-state index contributed by atoms with van der Waals surface area (Å²) < 4.78 is 26.8. The molecule has 2 rings (SSSR count). The molecular formula is C14H22N2O2S. The zero-order valence-corrected chi connectivity index (χ0v) is 12.6. The number of benzene rings is 1. The molecule has 1 aliphatic heterocycles. The van der Waals surface area contributed by atoms with Gasteiger partial charge in [0, 0.05) is 18.3 Å². The first-order valence-corrected chi connectivity index (χ1v) is 8.20. The molecule has 1 fully saturated rings. The number of nitrogens with zero attached hydrogens (tertiary/aromatic N) is 1. The highest BCUT2D eigenvalue weighted by Crippen LogP contribution is 2.30. The van der Waals surface area contributed by atoms with Crippen molar-refractivity contribution in [2.75, 3.05) is 12.3 Å². The van der Waals surface area contributed by atoms with E-state index < -0.39 is 10.0 Å². The molecule has 1 heterocycles. The Balaban J connectivity index is 2.37. The first-order chi connectivity index (χ1) is 8.86. The Kier molecular flexibility index (Phi) is 3.87. The quantitative estimate of drug-likeness (QED) is 0.865. The predicted octanol–water partition coefficient (Wildman–Crippen LogP) is 2.25. The van der Waals surface area contributed by atoms with Crippen LogP contribution in [0.25, 0.3) is 0 Å². The van der Waals surface area contributed by atoms with Gasteiger partial charge in [0.1, 0.15) is 0 Å². The van der Waals surface area contributed by atoms with Crippen LogP contribution in [0.15, 0.2) is 23.1 Å². The molecule has 1 aromatic rings. The van der Waals surface area contributed by atoms with Gasteiger partial charge >= 0.3 is 0 Å². The minimum Gasteiger partial charge on any atom is -0.398 e. The molecule has 5 heteroatoms. The Hall–Kier alpha value is -1.07. The van der Waals surface area contributed by atoms with Gasteiger partial charge in [0.2, 0.25) is 10.0 Å². The fraction of sp³-hybridized carbons (Fsp3) is 0.571. The lowest BCUT2D eigenvalue weighted by Crippen LogP contribution is -2.34. The Morgan fingerprint density at radius 3 is 2.53 bits per heavy atom. The second-order valence-electron chi connectivity index (χ2n) is 5.48. The van der Waals surface area contributed by atoms with E-state index in [1.807, 2.05) is 19.9 Å². The molecule has 4 nitrogen and oxygen atoms in total. The van der Waals surface area contributed by atoms with Crippen molar-refractivity contribution in [1.29, 1.82) is 0 Å². The normalized spacial score (nSPS) is 24.8. The van der Waals surface area contributed by atoms with Crippen molar-refractivity contribution in [2.45, 2.75) is 44.6 Å². The third-order valence-electron chi connectivity index (χ3n) is 3.83. The van der Waals surface area contributed by atoms with Gasteiger partial charge in [0.25, 0.3) is 0 Å². The smallest absolute Gasteiger partial charge is 0.243 e. The van der Waals surface area contributed by atoms with Crippen LogP contribution in [-0.2, 0) is 16.4 Å². The number of hydrogen-bond donors (Lipinski definition) is 1. The largest absolute Gasteiger partial charge is 0.398 e. The summed E-state index contributed by atoms with van der Waals surface area (Å²) in [4.78, 5) is 0.308. The molecule has 0 spiro atoms. The van der Waals surface area contributed by atoms with Gasteiger partial charge in [-0.1, -0.05) is 19.9 Å². The second-order valence-corrected chi connectivity index (χ2v) is 7.37. The fourth-order valence-electron chi connectivity index (χ4n) is 2.79. The number of rotatable bonds is 3. The minimum atomic E-state index is -3.41. The Morgan fingerprint density at radius 1 is 1.37 bits per heavy atom. The van der Waals surface area contributed by atoms with Crippen molar-refractivity contribution in [3.63, 3.8) is 0 Å². The number of nitrogen functional groups attached to an aromatic ring is 1. The van der Waals surface area contributed by atoms with Gasteiger partial charge in [-0.15, -0.1) is 0 Å². The van der Waals surface area contributed by atoms with Crippen molar-refractivity contribution >= 4 is 15.7 Å². The summed E-state index contributed by atoms with van der Waals surface area (Å²) in [6.45, 7) is 6.65. The van der Waals surface area contributed by atoms with Gasteiger partial charge in [-0.25, -0.2) is 8.42 Å². The van der Waals surface area contributed by atoms with Crippen LogP contribution >= 0.6 is 0 Å². The summed E-state index contributed by atoms with van der Waals surface area (Å²) in [6, 6.07) is 5.13. The second kappa shape index (κ2) is 5.13. The average molecular weight is 282 g/mol. The third kappa shape index (κ3) is 2.62. The number of nitrogens with two attached hydrogens (primary N) is 1. The molecule has 0 saturated carbocycles. The zero-order chi connectivity index (χ0) is 14.2. The number of aryl methyl sites for hydroxylation is 1. The molecule has 1 aliphatic rings. The summed E-state index contributed by atoms with van der Waals surface area (Å²) >= 11 is 0. The Labute approximate surface area is 115 Å². The van der Waals surface area contributed by atoms with Crippen LogP contribution < -0.4 is 5.73 Å². The van der Waals surface area contributed by atoms with Gasteiger partial charge in [0.15, 0.2) is 0 Å². The summed E-state index contributed by atoms with van der Waals surface area (Å²) in [5, 5.41) is 0. The molecule has 0 amide bonds. The standard InChI is InChI=1S/C14H22N2O2S/c1-4-12-5-6-13(8-14(12)15)19(17,18)16-9-10(2)7-11(16)3/h5-6,8,10-11H,4,7,9,15H2,1-3H3. The van der Waals surface area contributed by atoms with Crippen molar-refractivity contribution in [3.05, 3.63) is 23.8 Å². The van der Waals surface area contributed by atoms with E-state index in [4.69, 9.17) is 5.73 Å².